The second-order valence-corrected chi connectivity index (χ2v) is 4.03. The van der Waals surface area contributed by atoms with E-state index < -0.39 is 0 Å². The fourth-order valence-corrected chi connectivity index (χ4v) is 1.54. The van der Waals surface area contributed by atoms with Gasteiger partial charge in [-0.25, -0.2) is 0 Å². The summed E-state index contributed by atoms with van der Waals surface area (Å²) < 4.78 is 5.40. The Kier molecular flexibility index (Phi) is 3.97. The number of nitrogen functional groups attached to an aromatic ring is 1. The molecule has 19 heavy (non-hydrogen) atoms. The number of nitrogens with zero attached hydrogens (tertiary/aromatic N) is 2. The number of amides is 1. The van der Waals surface area contributed by atoms with Crippen LogP contribution in [-0.2, 0) is 4.79 Å². The molecule has 0 saturated heterocycles. The third-order valence-electron chi connectivity index (χ3n) is 2.63. The van der Waals surface area contributed by atoms with Crippen molar-refractivity contribution in [2.75, 3.05) is 24.3 Å². The molecule has 0 bridgehead atoms. The maximum atomic E-state index is 11.9. The van der Waals surface area contributed by atoms with Crippen LogP contribution in [0.2, 0.25) is 0 Å². The van der Waals surface area contributed by atoms with Crippen molar-refractivity contribution in [3.8, 4) is 5.75 Å². The molecule has 0 aliphatic rings. The predicted molar refractivity (Wildman–Crippen MR) is 74.0 cm³/mol. The Balaban J connectivity index is 1.95. The number of anilines is 2. The van der Waals surface area contributed by atoms with E-state index in [9.17, 15) is 4.79 Å². The molecule has 0 unspecified atom stereocenters. The average Bonchev–Trinajstić information content (AvgIpc) is 2.45. The molecule has 2 aromatic rings. The van der Waals surface area contributed by atoms with Crippen LogP contribution in [0.25, 0.3) is 0 Å². The zero-order chi connectivity index (χ0) is 13.7. The van der Waals surface area contributed by atoms with Crippen molar-refractivity contribution < 1.29 is 9.53 Å². The molecule has 98 valence electrons. The van der Waals surface area contributed by atoms with Gasteiger partial charge in [0.2, 0.25) is 0 Å². The van der Waals surface area contributed by atoms with Gasteiger partial charge in [-0.15, -0.1) is 0 Å². The van der Waals surface area contributed by atoms with E-state index in [2.05, 4.69) is 4.98 Å². The highest BCUT2D eigenvalue weighted by molar-refractivity contribution is 5.93. The highest BCUT2D eigenvalue weighted by Crippen LogP contribution is 2.15. The Hall–Kier alpha value is -2.56. The van der Waals surface area contributed by atoms with Gasteiger partial charge in [-0.1, -0.05) is 6.07 Å². The fraction of sp³-hybridized carbons (Fsp3) is 0.143. The molecule has 1 heterocycles. The van der Waals surface area contributed by atoms with Gasteiger partial charge in [0, 0.05) is 25.0 Å². The predicted octanol–water partition coefficient (Wildman–Crippen LogP) is 1.71. The van der Waals surface area contributed by atoms with E-state index >= 15 is 0 Å². The normalized spacial score (nSPS) is 9.95. The van der Waals surface area contributed by atoms with Crippen molar-refractivity contribution in [3.63, 3.8) is 0 Å². The number of aromatic nitrogens is 1. The van der Waals surface area contributed by atoms with Gasteiger partial charge in [0.15, 0.2) is 6.61 Å². The number of carbonyl (C=O) groups is 1. The van der Waals surface area contributed by atoms with Gasteiger partial charge in [0.25, 0.3) is 5.91 Å². The summed E-state index contributed by atoms with van der Waals surface area (Å²) in [6.45, 7) is -0.0468. The molecular weight excluding hydrogens is 242 g/mol. The molecule has 1 aromatic carbocycles. The summed E-state index contributed by atoms with van der Waals surface area (Å²) in [5.41, 5.74) is 6.96. The van der Waals surface area contributed by atoms with Crippen LogP contribution >= 0.6 is 0 Å². The second-order valence-electron chi connectivity index (χ2n) is 4.03. The molecule has 0 radical (unpaired) electrons. The van der Waals surface area contributed by atoms with Gasteiger partial charge < -0.3 is 15.4 Å². The minimum atomic E-state index is -0.157. The lowest BCUT2D eigenvalue weighted by molar-refractivity contribution is -0.120. The Morgan fingerprint density at radius 1 is 1.37 bits per heavy atom. The molecular formula is C14H15N3O2. The molecule has 0 aliphatic heterocycles. The average molecular weight is 257 g/mol. The number of hydrogen-bond donors (Lipinski definition) is 1. The minimum absolute atomic E-state index is 0.0468. The summed E-state index contributed by atoms with van der Waals surface area (Å²) in [5, 5.41) is 0. The van der Waals surface area contributed by atoms with Crippen LogP contribution in [-0.4, -0.2) is 24.5 Å². The lowest BCUT2D eigenvalue weighted by atomic mass is 10.3. The maximum absolute atomic E-state index is 11.9. The number of hydrogen-bond acceptors (Lipinski definition) is 4. The van der Waals surface area contributed by atoms with E-state index in [1.165, 1.54) is 4.90 Å². The molecule has 1 amide bonds. The Morgan fingerprint density at radius 3 is 2.89 bits per heavy atom. The van der Waals surface area contributed by atoms with Crippen molar-refractivity contribution in [3.05, 3.63) is 48.8 Å². The van der Waals surface area contributed by atoms with Gasteiger partial charge in [-0.3, -0.25) is 9.78 Å². The highest BCUT2D eigenvalue weighted by atomic mass is 16.5. The smallest absolute Gasteiger partial charge is 0.264 e. The van der Waals surface area contributed by atoms with Crippen LogP contribution in [0.15, 0.2) is 48.8 Å². The molecule has 0 spiro atoms. The van der Waals surface area contributed by atoms with Crippen LogP contribution in [0.4, 0.5) is 11.4 Å². The SMILES string of the molecule is CN(C(=O)COc1cccc(N)c1)c1cccnc1. The lowest BCUT2D eigenvalue weighted by Crippen LogP contribution is -2.31. The molecule has 0 atom stereocenters. The summed E-state index contributed by atoms with van der Waals surface area (Å²) in [6.07, 6.45) is 3.28. The van der Waals surface area contributed by atoms with Crippen molar-refractivity contribution in [2.45, 2.75) is 0 Å². The number of rotatable bonds is 4. The van der Waals surface area contributed by atoms with Crippen LogP contribution in [0, 0.1) is 0 Å². The molecule has 5 heteroatoms. The van der Waals surface area contributed by atoms with E-state index in [0.717, 1.165) is 5.69 Å². The molecule has 2 N–H and O–H groups in total. The third kappa shape index (κ3) is 3.45. The highest BCUT2D eigenvalue weighted by Gasteiger charge is 2.11. The molecule has 0 aliphatic carbocycles. The number of pyridine rings is 1. The lowest BCUT2D eigenvalue weighted by Gasteiger charge is -2.17. The molecule has 0 fully saturated rings. The first-order valence-corrected chi connectivity index (χ1v) is 5.82. The Morgan fingerprint density at radius 2 is 2.21 bits per heavy atom. The molecule has 0 saturated carbocycles. The quantitative estimate of drug-likeness (QED) is 0.846. The first-order valence-electron chi connectivity index (χ1n) is 5.82. The van der Waals surface area contributed by atoms with Gasteiger partial charge >= 0.3 is 0 Å². The first kappa shape index (κ1) is 12.9. The maximum Gasteiger partial charge on any atom is 0.264 e. The van der Waals surface area contributed by atoms with Crippen molar-refractivity contribution in [1.82, 2.24) is 4.98 Å². The van der Waals surface area contributed by atoms with Crippen LogP contribution in [0.5, 0.6) is 5.75 Å². The zero-order valence-electron chi connectivity index (χ0n) is 10.6. The summed E-state index contributed by atoms with van der Waals surface area (Å²) in [5.74, 6) is 0.420. The first-order chi connectivity index (χ1) is 9.16. The topological polar surface area (TPSA) is 68.5 Å². The summed E-state index contributed by atoms with van der Waals surface area (Å²) >= 11 is 0. The van der Waals surface area contributed by atoms with Crippen LogP contribution in [0.1, 0.15) is 0 Å². The number of carbonyl (C=O) groups excluding carboxylic acids is 1. The van der Waals surface area contributed by atoms with Crippen LogP contribution in [0.3, 0.4) is 0 Å². The van der Waals surface area contributed by atoms with Crippen molar-refractivity contribution in [1.29, 1.82) is 0 Å². The second kappa shape index (κ2) is 5.86. The third-order valence-corrected chi connectivity index (χ3v) is 2.63. The molecule has 2 rings (SSSR count). The number of likely N-dealkylation sites (N-methyl/N-ethyl adjacent to an activating group) is 1. The van der Waals surface area contributed by atoms with E-state index in [1.54, 1.807) is 49.8 Å². The largest absolute Gasteiger partial charge is 0.484 e. The Bertz CT molecular complexity index is 558. The number of nitrogens with two attached hydrogens (primary N) is 1. The molecule has 5 nitrogen and oxygen atoms in total. The standard InChI is InChI=1S/C14H15N3O2/c1-17(12-5-3-7-16-9-12)14(18)10-19-13-6-2-4-11(15)8-13/h2-9H,10,15H2,1H3. The fourth-order valence-electron chi connectivity index (χ4n) is 1.54. The van der Waals surface area contributed by atoms with E-state index in [-0.39, 0.29) is 12.5 Å². The zero-order valence-corrected chi connectivity index (χ0v) is 10.6. The van der Waals surface area contributed by atoms with Crippen molar-refractivity contribution >= 4 is 17.3 Å². The van der Waals surface area contributed by atoms with Gasteiger partial charge in [0.1, 0.15) is 5.75 Å². The van der Waals surface area contributed by atoms with E-state index in [0.29, 0.717) is 11.4 Å². The minimum Gasteiger partial charge on any atom is -0.484 e. The van der Waals surface area contributed by atoms with Crippen LogP contribution < -0.4 is 15.4 Å². The molecule has 1 aromatic heterocycles. The van der Waals surface area contributed by atoms with Gasteiger partial charge in [-0.05, 0) is 24.3 Å². The van der Waals surface area contributed by atoms with Gasteiger partial charge in [0.05, 0.1) is 11.9 Å². The Labute approximate surface area is 111 Å². The summed E-state index contributed by atoms with van der Waals surface area (Å²) in [7, 11) is 1.68. The summed E-state index contributed by atoms with van der Waals surface area (Å²) in [4.78, 5) is 17.4. The van der Waals surface area contributed by atoms with E-state index in [4.69, 9.17) is 10.5 Å². The number of ether oxygens (including phenoxy) is 1. The monoisotopic (exact) mass is 257 g/mol. The number of benzene rings is 1. The van der Waals surface area contributed by atoms with Crippen molar-refractivity contribution in [2.24, 2.45) is 0 Å². The van der Waals surface area contributed by atoms with Gasteiger partial charge in [-0.2, -0.15) is 0 Å². The van der Waals surface area contributed by atoms with E-state index in [1.807, 2.05) is 6.07 Å². The summed E-state index contributed by atoms with van der Waals surface area (Å²) in [6, 6.07) is 10.6.